The van der Waals surface area contributed by atoms with E-state index in [1.54, 1.807) is 7.05 Å². The zero-order valence-corrected chi connectivity index (χ0v) is 8.85. The van der Waals surface area contributed by atoms with Crippen molar-refractivity contribution in [2.45, 2.75) is 13.8 Å². The molecule has 0 aromatic rings. The Morgan fingerprint density at radius 3 is 2.38 bits per heavy atom. The summed E-state index contributed by atoms with van der Waals surface area (Å²) in [5, 5.41) is 0. The van der Waals surface area contributed by atoms with Gasteiger partial charge < -0.3 is 4.90 Å². The van der Waals surface area contributed by atoms with Crippen molar-refractivity contribution in [2.75, 3.05) is 27.2 Å². The molecule has 1 amide bonds. The van der Waals surface area contributed by atoms with Gasteiger partial charge in [0.25, 0.3) is 0 Å². The molecule has 0 bridgehead atoms. The summed E-state index contributed by atoms with van der Waals surface area (Å²) in [6.45, 7) is 6.03. The largest absolute Gasteiger partial charge is 0.306 e. The van der Waals surface area contributed by atoms with Gasteiger partial charge in [-0.05, 0) is 13.0 Å². The summed E-state index contributed by atoms with van der Waals surface area (Å²) in [6.07, 6.45) is 0. The lowest BCUT2D eigenvalue weighted by molar-refractivity contribution is -0.136. The molecule has 0 unspecified atom stereocenters. The van der Waals surface area contributed by atoms with Crippen molar-refractivity contribution in [3.63, 3.8) is 0 Å². The number of amides is 1. The molecule has 1 aliphatic heterocycles. The Bertz CT molecular complexity index is 197. The second-order valence-electron chi connectivity index (χ2n) is 4.34. The normalized spacial score (nSPS) is 19.7. The summed E-state index contributed by atoms with van der Waals surface area (Å²) >= 11 is 0. The fourth-order valence-corrected chi connectivity index (χ4v) is 1.62. The van der Waals surface area contributed by atoms with Crippen molar-refractivity contribution in [1.82, 2.24) is 15.8 Å². The fraction of sp³-hybridized carbons (Fsp3) is 0.889. The Morgan fingerprint density at radius 1 is 1.46 bits per heavy atom. The Balaban J connectivity index is 2.50. The van der Waals surface area contributed by atoms with E-state index >= 15 is 0 Å². The van der Waals surface area contributed by atoms with Gasteiger partial charge in [0.2, 0.25) is 5.91 Å². The molecule has 1 rings (SSSR count). The molecule has 76 valence electrons. The van der Waals surface area contributed by atoms with Crippen molar-refractivity contribution >= 4 is 5.91 Å². The summed E-state index contributed by atoms with van der Waals surface area (Å²) in [7, 11) is 3.78. The Labute approximate surface area is 79.6 Å². The van der Waals surface area contributed by atoms with Crippen molar-refractivity contribution in [2.24, 2.45) is 11.3 Å². The monoisotopic (exact) mass is 185 g/mol. The molecule has 0 aromatic carbocycles. The number of hydrogen-bond acceptors (Lipinski definition) is 3. The van der Waals surface area contributed by atoms with Crippen LogP contribution in [0.2, 0.25) is 0 Å². The summed E-state index contributed by atoms with van der Waals surface area (Å²) < 4.78 is 0. The zero-order chi connectivity index (χ0) is 10.1. The highest BCUT2D eigenvalue weighted by Gasteiger charge is 2.42. The number of rotatable bonds is 3. The first-order valence-corrected chi connectivity index (χ1v) is 4.64. The number of nitrogens with zero attached hydrogens (tertiary/aromatic N) is 1. The molecule has 0 radical (unpaired) electrons. The van der Waals surface area contributed by atoms with Gasteiger partial charge in [0.1, 0.15) is 0 Å². The molecule has 4 nitrogen and oxygen atoms in total. The number of carbonyl (C=O) groups excluding carboxylic acids is 1. The average molecular weight is 185 g/mol. The van der Waals surface area contributed by atoms with Crippen LogP contribution in [0.25, 0.3) is 0 Å². The van der Waals surface area contributed by atoms with Gasteiger partial charge in [-0.3, -0.25) is 10.2 Å². The molecule has 1 saturated heterocycles. The van der Waals surface area contributed by atoms with Crippen molar-refractivity contribution in [1.29, 1.82) is 0 Å². The van der Waals surface area contributed by atoms with Crippen LogP contribution in [-0.2, 0) is 4.79 Å². The first-order valence-electron chi connectivity index (χ1n) is 4.64. The molecular weight excluding hydrogens is 166 g/mol. The molecule has 0 spiro atoms. The van der Waals surface area contributed by atoms with Gasteiger partial charge in [-0.15, -0.1) is 0 Å². The SMILES string of the molecule is CNNC(=O)C(C)(C)C1CN(C)C1. The van der Waals surface area contributed by atoms with E-state index in [4.69, 9.17) is 0 Å². The molecule has 13 heavy (non-hydrogen) atoms. The quantitative estimate of drug-likeness (QED) is 0.600. The topological polar surface area (TPSA) is 44.4 Å². The van der Waals surface area contributed by atoms with E-state index < -0.39 is 0 Å². The summed E-state index contributed by atoms with van der Waals surface area (Å²) in [4.78, 5) is 13.8. The third-order valence-corrected chi connectivity index (χ3v) is 2.91. The third kappa shape index (κ3) is 2.00. The third-order valence-electron chi connectivity index (χ3n) is 2.91. The van der Waals surface area contributed by atoms with E-state index in [0.717, 1.165) is 13.1 Å². The van der Waals surface area contributed by atoms with E-state index in [2.05, 4.69) is 22.8 Å². The average Bonchev–Trinajstić information content (AvgIpc) is 1.99. The lowest BCUT2D eigenvalue weighted by atomic mass is 9.74. The molecule has 0 aromatic heterocycles. The van der Waals surface area contributed by atoms with Gasteiger partial charge in [0.05, 0.1) is 5.41 Å². The van der Waals surface area contributed by atoms with E-state index in [0.29, 0.717) is 5.92 Å². The fourth-order valence-electron chi connectivity index (χ4n) is 1.62. The molecule has 2 N–H and O–H groups in total. The van der Waals surface area contributed by atoms with E-state index in [1.807, 2.05) is 13.8 Å². The maximum absolute atomic E-state index is 11.6. The van der Waals surface area contributed by atoms with Gasteiger partial charge in [-0.25, -0.2) is 5.43 Å². The van der Waals surface area contributed by atoms with Crippen LogP contribution in [0.5, 0.6) is 0 Å². The van der Waals surface area contributed by atoms with Crippen LogP contribution < -0.4 is 10.9 Å². The molecular formula is C9H19N3O. The Hall–Kier alpha value is -0.610. The van der Waals surface area contributed by atoms with Crippen molar-refractivity contribution in [3.8, 4) is 0 Å². The number of likely N-dealkylation sites (tertiary alicyclic amines) is 1. The summed E-state index contributed by atoms with van der Waals surface area (Å²) in [5.41, 5.74) is 5.05. The summed E-state index contributed by atoms with van der Waals surface area (Å²) in [6, 6.07) is 0. The number of hydrogen-bond donors (Lipinski definition) is 2. The zero-order valence-electron chi connectivity index (χ0n) is 8.85. The first kappa shape index (κ1) is 10.5. The minimum absolute atomic E-state index is 0.0769. The smallest absolute Gasteiger partial charge is 0.240 e. The van der Waals surface area contributed by atoms with Crippen LogP contribution in [0.1, 0.15) is 13.8 Å². The molecule has 1 aliphatic rings. The van der Waals surface area contributed by atoms with Gasteiger partial charge in [-0.1, -0.05) is 13.8 Å². The minimum atomic E-state index is -0.268. The van der Waals surface area contributed by atoms with Gasteiger partial charge >= 0.3 is 0 Å². The molecule has 1 heterocycles. The van der Waals surface area contributed by atoms with E-state index in [1.165, 1.54) is 0 Å². The van der Waals surface area contributed by atoms with Crippen LogP contribution >= 0.6 is 0 Å². The lowest BCUT2D eigenvalue weighted by Gasteiger charge is -2.44. The predicted octanol–water partition coefficient (Wildman–Crippen LogP) is -0.175. The molecule has 0 aliphatic carbocycles. The molecule has 0 saturated carbocycles. The highest BCUT2D eigenvalue weighted by Crippen LogP contribution is 2.33. The highest BCUT2D eigenvalue weighted by atomic mass is 16.2. The molecule has 4 heteroatoms. The number of nitrogens with one attached hydrogen (secondary N) is 2. The number of hydrazine groups is 1. The highest BCUT2D eigenvalue weighted by molar-refractivity contribution is 5.81. The predicted molar refractivity (Wildman–Crippen MR) is 52.0 cm³/mol. The standard InChI is InChI=1S/C9H19N3O/c1-9(2,8(13)11-10-3)7-5-12(4)6-7/h7,10H,5-6H2,1-4H3,(H,11,13). The second-order valence-corrected chi connectivity index (χ2v) is 4.34. The minimum Gasteiger partial charge on any atom is -0.306 e. The Kier molecular flexibility index (Phi) is 2.93. The first-order chi connectivity index (χ1) is 5.98. The van der Waals surface area contributed by atoms with Crippen LogP contribution in [0.3, 0.4) is 0 Å². The van der Waals surface area contributed by atoms with Gasteiger partial charge in [0.15, 0.2) is 0 Å². The van der Waals surface area contributed by atoms with Crippen LogP contribution in [-0.4, -0.2) is 38.0 Å². The second kappa shape index (κ2) is 3.64. The van der Waals surface area contributed by atoms with Crippen LogP contribution in [0.4, 0.5) is 0 Å². The summed E-state index contributed by atoms with van der Waals surface area (Å²) in [5.74, 6) is 0.555. The van der Waals surface area contributed by atoms with Gasteiger partial charge in [-0.2, -0.15) is 0 Å². The maximum atomic E-state index is 11.6. The van der Waals surface area contributed by atoms with E-state index in [-0.39, 0.29) is 11.3 Å². The Morgan fingerprint density at radius 2 is 2.00 bits per heavy atom. The molecule has 1 fully saturated rings. The number of carbonyl (C=O) groups is 1. The maximum Gasteiger partial charge on any atom is 0.240 e. The van der Waals surface area contributed by atoms with Crippen LogP contribution in [0, 0.1) is 11.3 Å². The lowest BCUT2D eigenvalue weighted by Crippen LogP contribution is -2.57. The van der Waals surface area contributed by atoms with Crippen LogP contribution in [0.15, 0.2) is 0 Å². The van der Waals surface area contributed by atoms with E-state index in [9.17, 15) is 4.79 Å². The van der Waals surface area contributed by atoms with Gasteiger partial charge in [0, 0.05) is 20.1 Å². The van der Waals surface area contributed by atoms with Crippen molar-refractivity contribution < 1.29 is 4.79 Å². The van der Waals surface area contributed by atoms with Crippen molar-refractivity contribution in [3.05, 3.63) is 0 Å². The molecule has 0 atom stereocenters.